The molecule has 0 aliphatic rings. The fraction of sp³-hybridized carbons (Fsp3) is 0.111. The Hall–Kier alpha value is -1.19. The molecule has 0 bridgehead atoms. The van der Waals surface area contributed by atoms with Gasteiger partial charge in [0.2, 0.25) is 0 Å². The Morgan fingerprint density at radius 3 is 1.16 bits per heavy atom. The molecule has 4 aromatic rings. The van der Waals surface area contributed by atoms with Gasteiger partial charge >= 0.3 is 16.5 Å². The molecule has 0 saturated carbocycles. The molecule has 0 fully saturated rings. The summed E-state index contributed by atoms with van der Waals surface area (Å²) in [5.41, 5.74) is 0. The van der Waals surface area contributed by atoms with E-state index in [0.717, 1.165) is 8.58 Å². The molecule has 0 nitrogen and oxygen atoms in total. The SMILES string of the molecule is CCCP(c1ccccc1)c1ccccc1.[Cl-].[Cl-].[Ni+2].c1ccc(Pc2ccccc2)cc1. The van der Waals surface area contributed by atoms with Crippen LogP contribution in [0.15, 0.2) is 121 Å². The molecule has 170 valence electrons. The Kier molecular flexibility index (Phi) is 17.6. The molecule has 5 heteroatoms. The molecule has 32 heavy (non-hydrogen) atoms. The van der Waals surface area contributed by atoms with Crippen molar-refractivity contribution in [1.29, 1.82) is 0 Å². The van der Waals surface area contributed by atoms with Gasteiger partial charge in [0.15, 0.2) is 0 Å². The average Bonchev–Trinajstić information content (AvgIpc) is 2.80. The topological polar surface area (TPSA) is 0 Å². The second-order valence-corrected chi connectivity index (χ2v) is 10.4. The normalized spacial score (nSPS) is 9.31. The van der Waals surface area contributed by atoms with Crippen LogP contribution in [0.4, 0.5) is 0 Å². The Balaban J connectivity index is 0.000000558. The Morgan fingerprint density at radius 1 is 0.531 bits per heavy atom. The van der Waals surface area contributed by atoms with Gasteiger partial charge in [-0.2, -0.15) is 0 Å². The molecule has 4 aromatic carbocycles. The maximum Gasteiger partial charge on any atom is 2.00 e. The molecule has 0 N–H and O–H groups in total. The smallest absolute Gasteiger partial charge is 1.00 e. The van der Waals surface area contributed by atoms with Gasteiger partial charge in [-0.1, -0.05) is 143 Å². The maximum atomic E-state index is 2.27. The monoisotopic (exact) mass is 542 g/mol. The van der Waals surface area contributed by atoms with Gasteiger partial charge in [0.05, 0.1) is 0 Å². The zero-order valence-electron chi connectivity index (χ0n) is 18.0. The third-order valence-corrected chi connectivity index (χ3v) is 8.40. The average molecular weight is 544 g/mol. The van der Waals surface area contributed by atoms with Crippen LogP contribution in [0.5, 0.6) is 0 Å². The van der Waals surface area contributed by atoms with Gasteiger partial charge < -0.3 is 24.8 Å². The van der Waals surface area contributed by atoms with Crippen molar-refractivity contribution in [1.82, 2.24) is 0 Å². The molecular formula is C27H28Cl2NiP2. The van der Waals surface area contributed by atoms with Crippen molar-refractivity contribution in [3.05, 3.63) is 121 Å². The summed E-state index contributed by atoms with van der Waals surface area (Å²) in [7, 11) is 0.626. The molecule has 0 atom stereocenters. The van der Waals surface area contributed by atoms with E-state index in [4.69, 9.17) is 0 Å². The Labute approximate surface area is 218 Å². The van der Waals surface area contributed by atoms with Crippen LogP contribution in [-0.4, -0.2) is 6.16 Å². The molecule has 0 aromatic heterocycles. The first-order chi connectivity index (χ1) is 14.4. The fourth-order valence-electron chi connectivity index (χ4n) is 3.06. The summed E-state index contributed by atoms with van der Waals surface area (Å²) < 4.78 is 0. The van der Waals surface area contributed by atoms with Crippen LogP contribution in [0.3, 0.4) is 0 Å². The molecule has 4 rings (SSSR count). The Bertz CT molecular complexity index is 863. The van der Waals surface area contributed by atoms with Crippen molar-refractivity contribution in [2.24, 2.45) is 0 Å². The van der Waals surface area contributed by atoms with Crippen LogP contribution in [0.1, 0.15) is 13.3 Å². The number of rotatable bonds is 6. The molecular weight excluding hydrogens is 516 g/mol. The summed E-state index contributed by atoms with van der Waals surface area (Å²) in [5.74, 6) is 0. The van der Waals surface area contributed by atoms with E-state index < -0.39 is 0 Å². The molecule has 0 aliphatic heterocycles. The summed E-state index contributed by atoms with van der Waals surface area (Å²) in [4.78, 5) is 0. The third kappa shape index (κ3) is 10.6. The van der Waals surface area contributed by atoms with E-state index in [1.807, 2.05) is 0 Å². The van der Waals surface area contributed by atoms with E-state index in [-0.39, 0.29) is 49.2 Å². The third-order valence-electron chi connectivity index (χ3n) is 4.42. The molecule has 0 amide bonds. The Morgan fingerprint density at radius 2 is 0.844 bits per heavy atom. The molecule has 0 heterocycles. The summed E-state index contributed by atoms with van der Waals surface area (Å²) in [5, 5.41) is 5.78. The standard InChI is InChI=1S/C15H17P.C12H11P.2ClH.Ni/c1-2-13-16(14-9-5-3-6-10-14)15-11-7-4-8-12-15;1-3-7-11(8-4-1)13-12-9-5-2-6-10-12;;;/h3-12H,2,13H2,1H3;1-10,13H;2*1H;/q;;;;+2/p-2. The van der Waals surface area contributed by atoms with Crippen LogP contribution in [-0.2, 0) is 16.5 Å². The van der Waals surface area contributed by atoms with Crippen LogP contribution >= 0.6 is 16.5 Å². The first-order valence-corrected chi connectivity index (χ1v) is 12.6. The minimum atomic E-state index is -0.151. The minimum absolute atomic E-state index is 0. The van der Waals surface area contributed by atoms with Crippen molar-refractivity contribution >= 4 is 37.7 Å². The molecule has 0 spiro atoms. The van der Waals surface area contributed by atoms with Crippen LogP contribution < -0.4 is 46.0 Å². The fourth-order valence-corrected chi connectivity index (χ4v) is 6.43. The van der Waals surface area contributed by atoms with E-state index in [9.17, 15) is 0 Å². The first-order valence-electron chi connectivity index (χ1n) is 10.1. The molecule has 0 saturated heterocycles. The van der Waals surface area contributed by atoms with Crippen molar-refractivity contribution in [3.63, 3.8) is 0 Å². The predicted molar refractivity (Wildman–Crippen MR) is 135 cm³/mol. The summed E-state index contributed by atoms with van der Waals surface area (Å²) in [6.45, 7) is 2.27. The minimum Gasteiger partial charge on any atom is -1.00 e. The van der Waals surface area contributed by atoms with E-state index in [2.05, 4.69) is 128 Å². The van der Waals surface area contributed by atoms with Crippen LogP contribution in [0.2, 0.25) is 0 Å². The van der Waals surface area contributed by atoms with Gasteiger partial charge in [0, 0.05) is 0 Å². The zero-order valence-corrected chi connectivity index (χ0v) is 22.4. The van der Waals surface area contributed by atoms with Gasteiger partial charge in [0.25, 0.3) is 0 Å². The quantitative estimate of drug-likeness (QED) is 0.234. The predicted octanol–water partition coefficient (Wildman–Crippen LogP) is -0.149. The van der Waals surface area contributed by atoms with Crippen LogP contribution in [0, 0.1) is 0 Å². The van der Waals surface area contributed by atoms with Crippen molar-refractivity contribution in [2.75, 3.05) is 6.16 Å². The summed E-state index contributed by atoms with van der Waals surface area (Å²) in [6.07, 6.45) is 2.53. The molecule has 0 unspecified atom stereocenters. The maximum absolute atomic E-state index is 2.27. The van der Waals surface area contributed by atoms with E-state index in [0.29, 0.717) is 0 Å². The molecule has 0 radical (unpaired) electrons. The van der Waals surface area contributed by atoms with Gasteiger partial charge in [-0.25, -0.2) is 0 Å². The van der Waals surface area contributed by atoms with E-state index in [1.165, 1.54) is 33.8 Å². The van der Waals surface area contributed by atoms with Crippen molar-refractivity contribution < 1.29 is 41.3 Å². The first kappa shape index (κ1) is 30.8. The van der Waals surface area contributed by atoms with Gasteiger partial charge in [-0.15, -0.1) is 0 Å². The number of hydrogen-bond acceptors (Lipinski definition) is 0. The second kappa shape index (κ2) is 18.3. The van der Waals surface area contributed by atoms with Crippen molar-refractivity contribution in [2.45, 2.75) is 13.3 Å². The van der Waals surface area contributed by atoms with Gasteiger partial charge in [-0.05, 0) is 35.3 Å². The number of halogens is 2. The number of benzene rings is 4. The zero-order chi connectivity index (χ0) is 20.2. The second-order valence-electron chi connectivity index (χ2n) is 6.68. The van der Waals surface area contributed by atoms with Gasteiger partial charge in [-0.3, -0.25) is 0 Å². The summed E-state index contributed by atoms with van der Waals surface area (Å²) in [6, 6.07) is 42.9. The van der Waals surface area contributed by atoms with E-state index >= 15 is 0 Å². The largest absolute Gasteiger partial charge is 2.00 e. The summed E-state index contributed by atoms with van der Waals surface area (Å²) >= 11 is 0. The number of hydrogen-bond donors (Lipinski definition) is 0. The van der Waals surface area contributed by atoms with Gasteiger partial charge in [0.1, 0.15) is 0 Å². The van der Waals surface area contributed by atoms with E-state index in [1.54, 1.807) is 0 Å². The molecule has 0 aliphatic carbocycles. The van der Waals surface area contributed by atoms with Crippen molar-refractivity contribution in [3.8, 4) is 0 Å². The van der Waals surface area contributed by atoms with Crippen LogP contribution in [0.25, 0.3) is 0 Å².